The van der Waals surface area contributed by atoms with Gasteiger partial charge in [-0.05, 0) is 38.1 Å². The van der Waals surface area contributed by atoms with E-state index >= 15 is 0 Å². The van der Waals surface area contributed by atoms with Gasteiger partial charge < -0.3 is 10.1 Å². The summed E-state index contributed by atoms with van der Waals surface area (Å²) in [5.74, 6) is 0.797. The monoisotopic (exact) mass is 225 g/mol. The van der Waals surface area contributed by atoms with Crippen molar-refractivity contribution in [2.45, 2.75) is 39.7 Å². The second-order valence-electron chi connectivity index (χ2n) is 4.75. The molecular weight excluding hydrogens is 202 g/mol. The Hall–Kier alpha value is -0.830. The van der Waals surface area contributed by atoms with Crippen molar-refractivity contribution >= 4 is 5.97 Å². The molecule has 0 aromatic rings. The Morgan fingerprint density at radius 2 is 2.38 bits per heavy atom. The molecule has 0 aromatic carbocycles. The second kappa shape index (κ2) is 6.04. The minimum absolute atomic E-state index is 0.131. The van der Waals surface area contributed by atoms with Crippen molar-refractivity contribution in [2.24, 2.45) is 11.8 Å². The summed E-state index contributed by atoms with van der Waals surface area (Å²) < 4.78 is 4.87. The van der Waals surface area contributed by atoms with Crippen LogP contribution < -0.4 is 5.32 Å². The largest absolute Gasteiger partial charge is 0.468 e. The van der Waals surface area contributed by atoms with Crippen LogP contribution in [0.4, 0.5) is 0 Å². The van der Waals surface area contributed by atoms with Crippen LogP contribution in [-0.4, -0.2) is 25.7 Å². The summed E-state index contributed by atoms with van der Waals surface area (Å²) >= 11 is 0. The summed E-state index contributed by atoms with van der Waals surface area (Å²) in [5.41, 5.74) is 1.38. The highest BCUT2D eigenvalue weighted by atomic mass is 16.5. The van der Waals surface area contributed by atoms with Crippen LogP contribution >= 0.6 is 0 Å². The summed E-state index contributed by atoms with van der Waals surface area (Å²) in [7, 11) is 1.46. The minimum atomic E-state index is -0.152. The van der Waals surface area contributed by atoms with E-state index in [1.807, 2.05) is 6.92 Å². The molecule has 0 heterocycles. The predicted octanol–water partition coefficient (Wildman–Crippen LogP) is 2.13. The normalized spacial score (nSPS) is 27.1. The lowest BCUT2D eigenvalue weighted by molar-refractivity contribution is -0.144. The zero-order valence-electron chi connectivity index (χ0n) is 10.7. The molecule has 0 spiro atoms. The van der Waals surface area contributed by atoms with Crippen molar-refractivity contribution in [3.05, 3.63) is 11.6 Å². The molecule has 0 saturated carbocycles. The molecule has 0 aliphatic heterocycles. The van der Waals surface area contributed by atoms with Crippen molar-refractivity contribution in [1.82, 2.24) is 5.32 Å². The lowest BCUT2D eigenvalue weighted by Crippen LogP contribution is -2.44. The Morgan fingerprint density at radius 3 is 2.88 bits per heavy atom. The van der Waals surface area contributed by atoms with Crippen LogP contribution in [0.3, 0.4) is 0 Å². The van der Waals surface area contributed by atoms with Gasteiger partial charge in [-0.2, -0.15) is 0 Å². The highest BCUT2D eigenvalue weighted by molar-refractivity contribution is 5.76. The van der Waals surface area contributed by atoms with Crippen LogP contribution in [-0.2, 0) is 9.53 Å². The zero-order chi connectivity index (χ0) is 12.1. The molecule has 1 rings (SSSR count). The van der Waals surface area contributed by atoms with Gasteiger partial charge in [-0.15, -0.1) is 0 Å². The summed E-state index contributed by atoms with van der Waals surface area (Å²) in [5, 5.41) is 3.24. The Labute approximate surface area is 98.2 Å². The number of ether oxygens (including phenoxy) is 1. The van der Waals surface area contributed by atoms with Crippen molar-refractivity contribution in [3.8, 4) is 0 Å². The molecular formula is C13H23NO2. The van der Waals surface area contributed by atoms with E-state index < -0.39 is 0 Å². The van der Waals surface area contributed by atoms with Gasteiger partial charge in [0.05, 0.1) is 7.11 Å². The number of rotatable bonds is 4. The second-order valence-corrected chi connectivity index (χ2v) is 4.75. The van der Waals surface area contributed by atoms with Gasteiger partial charge in [0.1, 0.15) is 6.04 Å². The maximum Gasteiger partial charge on any atom is 0.323 e. The number of likely N-dealkylation sites (N-methyl/N-ethyl adjacent to an activating group) is 1. The molecule has 0 radical (unpaired) electrons. The van der Waals surface area contributed by atoms with Gasteiger partial charge in [-0.1, -0.05) is 25.5 Å². The topological polar surface area (TPSA) is 38.3 Å². The quantitative estimate of drug-likeness (QED) is 0.588. The van der Waals surface area contributed by atoms with Gasteiger partial charge in [0.2, 0.25) is 0 Å². The molecule has 0 amide bonds. The number of methoxy groups -OCH3 is 1. The number of carbonyl (C=O) groups excluding carboxylic acids is 1. The molecule has 3 heteroatoms. The molecule has 3 unspecified atom stereocenters. The first-order valence-electron chi connectivity index (χ1n) is 6.07. The third-order valence-electron chi connectivity index (χ3n) is 3.18. The molecule has 0 bridgehead atoms. The van der Waals surface area contributed by atoms with Crippen LogP contribution in [0.2, 0.25) is 0 Å². The van der Waals surface area contributed by atoms with Crippen LogP contribution in [0.5, 0.6) is 0 Å². The molecule has 3 nitrogen and oxygen atoms in total. The summed E-state index contributed by atoms with van der Waals surface area (Å²) in [6, 6.07) is -0.152. The van der Waals surface area contributed by atoms with Gasteiger partial charge in [0.25, 0.3) is 0 Å². The van der Waals surface area contributed by atoms with Crippen LogP contribution in [0, 0.1) is 11.8 Å². The molecule has 92 valence electrons. The van der Waals surface area contributed by atoms with E-state index in [-0.39, 0.29) is 12.0 Å². The Bertz CT molecular complexity index is 273. The number of esters is 1. The fourth-order valence-corrected chi connectivity index (χ4v) is 2.64. The van der Waals surface area contributed by atoms with Crippen molar-refractivity contribution in [3.63, 3.8) is 0 Å². The fraction of sp³-hybridized carbons (Fsp3) is 0.769. The van der Waals surface area contributed by atoms with E-state index in [2.05, 4.69) is 25.2 Å². The van der Waals surface area contributed by atoms with E-state index in [1.54, 1.807) is 0 Å². The molecule has 3 atom stereocenters. The van der Waals surface area contributed by atoms with Gasteiger partial charge >= 0.3 is 5.97 Å². The lowest BCUT2D eigenvalue weighted by Gasteiger charge is -2.31. The maximum absolute atomic E-state index is 11.7. The number of carbonyl (C=O) groups is 1. The molecule has 1 aliphatic carbocycles. The zero-order valence-corrected chi connectivity index (χ0v) is 10.7. The maximum atomic E-state index is 11.7. The van der Waals surface area contributed by atoms with Gasteiger partial charge in [-0.25, -0.2) is 0 Å². The Balaban J connectivity index is 2.72. The van der Waals surface area contributed by atoms with E-state index in [4.69, 9.17) is 4.74 Å². The SMILES string of the molecule is CCNC(C(=O)OC)C1CC(C)=CC(C)C1. The van der Waals surface area contributed by atoms with Crippen molar-refractivity contribution in [2.75, 3.05) is 13.7 Å². The molecule has 16 heavy (non-hydrogen) atoms. The average molecular weight is 225 g/mol. The number of nitrogens with one attached hydrogen (secondary N) is 1. The summed E-state index contributed by atoms with van der Waals surface area (Å²) in [6.45, 7) is 7.16. The van der Waals surface area contributed by atoms with E-state index in [0.29, 0.717) is 11.8 Å². The lowest BCUT2D eigenvalue weighted by atomic mass is 9.79. The number of hydrogen-bond donors (Lipinski definition) is 1. The van der Waals surface area contributed by atoms with Crippen molar-refractivity contribution in [1.29, 1.82) is 0 Å². The Morgan fingerprint density at radius 1 is 1.69 bits per heavy atom. The molecule has 0 aromatic heterocycles. The number of allylic oxidation sites excluding steroid dienone is 2. The van der Waals surface area contributed by atoms with E-state index in [9.17, 15) is 4.79 Å². The first kappa shape index (κ1) is 13.2. The van der Waals surface area contributed by atoms with Gasteiger partial charge in [0, 0.05) is 0 Å². The van der Waals surface area contributed by atoms with Crippen LogP contribution in [0.1, 0.15) is 33.6 Å². The average Bonchev–Trinajstić information content (AvgIpc) is 2.23. The van der Waals surface area contributed by atoms with Gasteiger partial charge in [0.15, 0.2) is 0 Å². The predicted molar refractivity (Wildman–Crippen MR) is 65.1 cm³/mol. The van der Waals surface area contributed by atoms with Gasteiger partial charge in [-0.3, -0.25) is 4.79 Å². The first-order valence-corrected chi connectivity index (χ1v) is 6.07. The van der Waals surface area contributed by atoms with Crippen LogP contribution in [0.25, 0.3) is 0 Å². The smallest absolute Gasteiger partial charge is 0.323 e. The summed E-state index contributed by atoms with van der Waals surface area (Å²) in [6.07, 6.45) is 4.36. The highest BCUT2D eigenvalue weighted by Gasteiger charge is 2.31. The summed E-state index contributed by atoms with van der Waals surface area (Å²) in [4.78, 5) is 11.7. The first-order chi connectivity index (χ1) is 7.58. The molecule has 0 fully saturated rings. The third kappa shape index (κ3) is 3.34. The van der Waals surface area contributed by atoms with Crippen molar-refractivity contribution < 1.29 is 9.53 Å². The standard InChI is InChI=1S/C13H23NO2/c1-5-14-12(13(15)16-4)11-7-9(2)6-10(3)8-11/h6,9,11-12,14H,5,7-8H2,1-4H3. The highest BCUT2D eigenvalue weighted by Crippen LogP contribution is 2.30. The van der Waals surface area contributed by atoms with Crippen LogP contribution in [0.15, 0.2) is 11.6 Å². The third-order valence-corrected chi connectivity index (χ3v) is 3.18. The van der Waals surface area contributed by atoms with E-state index in [1.165, 1.54) is 12.7 Å². The minimum Gasteiger partial charge on any atom is -0.468 e. The Kier molecular flexibility index (Phi) is 5.00. The fourth-order valence-electron chi connectivity index (χ4n) is 2.64. The number of hydrogen-bond acceptors (Lipinski definition) is 3. The van der Waals surface area contributed by atoms with E-state index in [0.717, 1.165) is 19.4 Å². The molecule has 1 aliphatic rings. The molecule has 0 saturated heterocycles. The molecule has 1 N–H and O–H groups in total.